The summed E-state index contributed by atoms with van der Waals surface area (Å²) < 4.78 is 6.96. The lowest BCUT2D eigenvalue weighted by atomic mass is 9.97. The number of ether oxygens (including phenoxy) is 1. The number of pyridine rings is 2. The van der Waals surface area contributed by atoms with Gasteiger partial charge in [0.25, 0.3) is 0 Å². The van der Waals surface area contributed by atoms with Crippen molar-refractivity contribution in [3.8, 4) is 28.4 Å². The number of methoxy groups -OCH3 is 1. The van der Waals surface area contributed by atoms with E-state index < -0.39 is 0 Å². The molecule has 0 bridgehead atoms. The molecule has 1 saturated carbocycles. The molecule has 0 saturated heterocycles. The zero-order valence-electron chi connectivity index (χ0n) is 17.1. The Labute approximate surface area is 177 Å². The molecule has 5 aromatic heterocycles. The van der Waals surface area contributed by atoms with Crippen LogP contribution in [0.15, 0.2) is 49.2 Å². The molecule has 154 valence electrons. The van der Waals surface area contributed by atoms with Crippen LogP contribution in [0.2, 0.25) is 0 Å². The predicted molar refractivity (Wildman–Crippen MR) is 114 cm³/mol. The summed E-state index contributed by atoms with van der Waals surface area (Å²) in [6, 6.07) is 6.04. The van der Waals surface area contributed by atoms with E-state index in [2.05, 4.69) is 42.4 Å². The first kappa shape index (κ1) is 17.8. The van der Waals surface area contributed by atoms with E-state index in [-0.39, 0.29) is 5.41 Å². The first-order valence-electron chi connectivity index (χ1n) is 10.1. The largest absolute Gasteiger partial charge is 0.481 e. The summed E-state index contributed by atoms with van der Waals surface area (Å²) >= 11 is 0. The van der Waals surface area contributed by atoms with E-state index in [0.29, 0.717) is 11.7 Å². The van der Waals surface area contributed by atoms with Crippen molar-refractivity contribution >= 4 is 11.0 Å². The van der Waals surface area contributed by atoms with Crippen molar-refractivity contribution in [3.05, 3.63) is 60.6 Å². The Morgan fingerprint density at radius 2 is 2.00 bits per heavy atom. The average molecular weight is 412 g/mol. The molecule has 1 fully saturated rings. The highest BCUT2D eigenvalue weighted by Gasteiger charge is 2.49. The number of nitrogens with one attached hydrogen (secondary N) is 2. The predicted octanol–water partition coefficient (Wildman–Crippen LogP) is 3.23. The van der Waals surface area contributed by atoms with E-state index in [9.17, 15) is 0 Å². The van der Waals surface area contributed by atoms with Gasteiger partial charge in [-0.25, -0.2) is 15.0 Å². The molecule has 0 radical (unpaired) electrons. The lowest BCUT2D eigenvalue weighted by Crippen LogP contribution is -2.11. The Morgan fingerprint density at radius 3 is 2.71 bits per heavy atom. The van der Waals surface area contributed by atoms with Gasteiger partial charge in [0.05, 0.1) is 18.7 Å². The molecule has 0 amide bonds. The zero-order chi connectivity index (χ0) is 21.0. The third-order valence-corrected chi connectivity index (χ3v) is 6.00. The highest BCUT2D eigenvalue weighted by atomic mass is 16.5. The van der Waals surface area contributed by atoms with Crippen molar-refractivity contribution in [1.82, 2.24) is 39.9 Å². The van der Waals surface area contributed by atoms with Crippen molar-refractivity contribution in [3.63, 3.8) is 0 Å². The topological polar surface area (TPSA) is 110 Å². The lowest BCUT2D eigenvalue weighted by molar-refractivity contribution is 0.397. The molecule has 0 aromatic carbocycles. The number of aromatic amines is 2. The van der Waals surface area contributed by atoms with Gasteiger partial charge in [0.15, 0.2) is 5.82 Å². The molecule has 2 N–H and O–H groups in total. The second-order valence-electron chi connectivity index (χ2n) is 7.90. The van der Waals surface area contributed by atoms with E-state index in [1.54, 1.807) is 11.8 Å². The quantitative estimate of drug-likeness (QED) is 0.459. The van der Waals surface area contributed by atoms with Crippen LogP contribution in [0.4, 0.5) is 0 Å². The van der Waals surface area contributed by atoms with Gasteiger partial charge in [-0.15, -0.1) is 0 Å². The van der Waals surface area contributed by atoms with Crippen molar-refractivity contribution in [2.45, 2.75) is 18.3 Å². The third-order valence-electron chi connectivity index (χ3n) is 6.00. The number of fused-ring (bicyclic) bond motifs is 1. The molecule has 0 unspecified atom stereocenters. The van der Waals surface area contributed by atoms with Gasteiger partial charge < -0.3 is 9.72 Å². The highest BCUT2D eigenvalue weighted by Crippen LogP contribution is 2.52. The minimum Gasteiger partial charge on any atom is -0.481 e. The average Bonchev–Trinajstić information content (AvgIpc) is 3.13. The van der Waals surface area contributed by atoms with Crippen molar-refractivity contribution in [2.24, 2.45) is 7.05 Å². The Kier molecular flexibility index (Phi) is 3.73. The molecule has 9 nitrogen and oxygen atoms in total. The molecule has 5 heterocycles. The molecular formula is C22H20N8O. The fraction of sp³-hybridized carbons (Fsp3) is 0.227. The minimum absolute atomic E-state index is 0.157. The molecule has 6 rings (SSSR count). The molecule has 1 aliphatic carbocycles. The van der Waals surface area contributed by atoms with Crippen molar-refractivity contribution in [2.75, 3.05) is 7.11 Å². The Hall–Kier alpha value is -4.01. The maximum absolute atomic E-state index is 5.18. The molecular weight excluding hydrogens is 392 g/mol. The standard InChI is InChI=1S/C22H20N8O/c1-30-12-14(9-26-30)13-7-16-17(11-25-19(16)24-8-13)20-27-21(29-28-20)22(5-6-22)15-3-4-18(31-2)23-10-15/h3-4,7-12H,5-6H2,1-2H3,(H,24,25)(H,27,28,29). The third kappa shape index (κ3) is 2.81. The number of aryl methyl sites for hydroxylation is 1. The van der Waals surface area contributed by atoms with Crippen LogP contribution in [0.1, 0.15) is 24.2 Å². The first-order valence-corrected chi connectivity index (χ1v) is 10.1. The molecule has 1 aliphatic rings. The molecule has 5 aromatic rings. The molecule has 0 atom stereocenters. The number of hydrogen-bond donors (Lipinski definition) is 2. The van der Waals surface area contributed by atoms with Gasteiger partial charge in [0.1, 0.15) is 11.5 Å². The van der Waals surface area contributed by atoms with Crippen LogP contribution in [0.25, 0.3) is 33.5 Å². The van der Waals surface area contributed by atoms with Gasteiger partial charge in [-0.1, -0.05) is 6.07 Å². The SMILES string of the molecule is COc1ccc(C2(c3nc(-c4c[nH]c5ncc(-c6cnn(C)c6)cc45)n[nH]3)CC2)cn1. The van der Waals surface area contributed by atoms with E-state index in [4.69, 9.17) is 9.72 Å². The van der Waals surface area contributed by atoms with Crippen LogP contribution in [-0.2, 0) is 12.5 Å². The second kappa shape index (κ2) is 6.49. The Bertz CT molecular complexity index is 1390. The number of aromatic nitrogens is 8. The normalized spacial score (nSPS) is 14.8. The zero-order valence-corrected chi connectivity index (χ0v) is 17.1. The number of nitrogens with zero attached hydrogens (tertiary/aromatic N) is 6. The molecule has 0 spiro atoms. The first-order chi connectivity index (χ1) is 15.2. The summed E-state index contributed by atoms with van der Waals surface area (Å²) in [6.07, 6.45) is 11.4. The Morgan fingerprint density at radius 1 is 1.10 bits per heavy atom. The second-order valence-corrected chi connectivity index (χ2v) is 7.90. The minimum atomic E-state index is -0.157. The smallest absolute Gasteiger partial charge is 0.212 e. The van der Waals surface area contributed by atoms with Crippen LogP contribution < -0.4 is 4.74 Å². The van der Waals surface area contributed by atoms with Crippen LogP contribution in [0.5, 0.6) is 5.88 Å². The van der Waals surface area contributed by atoms with E-state index in [1.165, 1.54) is 0 Å². The molecule has 31 heavy (non-hydrogen) atoms. The van der Waals surface area contributed by atoms with Crippen molar-refractivity contribution in [1.29, 1.82) is 0 Å². The maximum Gasteiger partial charge on any atom is 0.212 e. The monoisotopic (exact) mass is 412 g/mol. The summed E-state index contributed by atoms with van der Waals surface area (Å²) in [5.74, 6) is 2.12. The number of rotatable bonds is 5. The van der Waals surface area contributed by atoms with E-state index in [1.807, 2.05) is 44.1 Å². The van der Waals surface area contributed by atoms with Crippen LogP contribution in [-0.4, -0.2) is 47.0 Å². The molecule has 0 aliphatic heterocycles. The fourth-order valence-corrected chi connectivity index (χ4v) is 4.08. The number of hydrogen-bond acceptors (Lipinski definition) is 6. The summed E-state index contributed by atoms with van der Waals surface area (Å²) in [6.45, 7) is 0. The van der Waals surface area contributed by atoms with E-state index >= 15 is 0 Å². The van der Waals surface area contributed by atoms with Gasteiger partial charge in [-0.3, -0.25) is 9.78 Å². The summed E-state index contributed by atoms with van der Waals surface area (Å²) in [5.41, 5.74) is 4.70. The highest BCUT2D eigenvalue weighted by molar-refractivity contribution is 5.94. The van der Waals surface area contributed by atoms with Crippen LogP contribution in [0, 0.1) is 0 Å². The molecule has 9 heteroatoms. The fourth-order valence-electron chi connectivity index (χ4n) is 4.08. The van der Waals surface area contributed by atoms with Gasteiger partial charge in [0, 0.05) is 60.0 Å². The van der Waals surface area contributed by atoms with Crippen molar-refractivity contribution < 1.29 is 4.74 Å². The van der Waals surface area contributed by atoms with Crippen LogP contribution >= 0.6 is 0 Å². The van der Waals surface area contributed by atoms with Gasteiger partial charge in [-0.05, 0) is 24.5 Å². The lowest BCUT2D eigenvalue weighted by Gasteiger charge is -2.12. The Balaban J connectivity index is 1.38. The van der Waals surface area contributed by atoms with Crippen LogP contribution in [0.3, 0.4) is 0 Å². The van der Waals surface area contributed by atoms with Gasteiger partial charge in [-0.2, -0.15) is 10.2 Å². The van der Waals surface area contributed by atoms with E-state index in [0.717, 1.165) is 52.0 Å². The summed E-state index contributed by atoms with van der Waals surface area (Å²) in [7, 11) is 3.52. The van der Waals surface area contributed by atoms with Gasteiger partial charge >= 0.3 is 0 Å². The summed E-state index contributed by atoms with van der Waals surface area (Å²) in [4.78, 5) is 17.0. The van der Waals surface area contributed by atoms with Gasteiger partial charge in [0.2, 0.25) is 5.88 Å². The summed E-state index contributed by atoms with van der Waals surface area (Å²) in [5, 5.41) is 12.9. The number of H-pyrrole nitrogens is 2. The maximum atomic E-state index is 5.18.